The SMILES string of the molecule is CC[C@H]1O[C@@H](c2ccc(OC)c(OC)c2)OC[C@@H]1C. The van der Waals surface area contributed by atoms with Crippen molar-refractivity contribution in [3.05, 3.63) is 23.8 Å². The van der Waals surface area contributed by atoms with Crippen LogP contribution in [0.25, 0.3) is 0 Å². The zero-order chi connectivity index (χ0) is 13.8. The van der Waals surface area contributed by atoms with Gasteiger partial charge in [-0.25, -0.2) is 0 Å². The second-order valence-electron chi connectivity index (χ2n) is 4.84. The Morgan fingerprint density at radius 1 is 1.21 bits per heavy atom. The van der Waals surface area contributed by atoms with Crippen molar-refractivity contribution >= 4 is 0 Å². The molecule has 0 N–H and O–H groups in total. The van der Waals surface area contributed by atoms with E-state index in [9.17, 15) is 0 Å². The van der Waals surface area contributed by atoms with E-state index in [4.69, 9.17) is 18.9 Å². The molecule has 1 aliphatic heterocycles. The van der Waals surface area contributed by atoms with Gasteiger partial charge in [-0.05, 0) is 18.6 Å². The summed E-state index contributed by atoms with van der Waals surface area (Å²) >= 11 is 0. The minimum absolute atomic E-state index is 0.242. The third-order valence-corrected chi connectivity index (χ3v) is 3.53. The van der Waals surface area contributed by atoms with E-state index in [0.29, 0.717) is 17.4 Å². The van der Waals surface area contributed by atoms with Gasteiger partial charge in [0.15, 0.2) is 17.8 Å². The Hall–Kier alpha value is -1.26. The molecule has 0 saturated carbocycles. The first-order valence-corrected chi connectivity index (χ1v) is 6.68. The predicted octanol–water partition coefficient (Wildman–Crippen LogP) is 3.16. The van der Waals surface area contributed by atoms with Gasteiger partial charge >= 0.3 is 0 Å². The first-order valence-electron chi connectivity index (χ1n) is 6.68. The Morgan fingerprint density at radius 3 is 2.58 bits per heavy atom. The molecule has 0 spiro atoms. The molecule has 0 unspecified atom stereocenters. The molecule has 1 aromatic carbocycles. The minimum Gasteiger partial charge on any atom is -0.493 e. The molecule has 0 aliphatic carbocycles. The second-order valence-corrected chi connectivity index (χ2v) is 4.84. The number of methoxy groups -OCH3 is 2. The third kappa shape index (κ3) is 3.01. The topological polar surface area (TPSA) is 36.9 Å². The van der Waals surface area contributed by atoms with E-state index in [1.807, 2.05) is 18.2 Å². The molecule has 1 aliphatic rings. The van der Waals surface area contributed by atoms with Crippen molar-refractivity contribution in [3.63, 3.8) is 0 Å². The number of rotatable bonds is 4. The maximum absolute atomic E-state index is 5.99. The van der Waals surface area contributed by atoms with Crippen molar-refractivity contribution in [2.24, 2.45) is 5.92 Å². The molecule has 0 radical (unpaired) electrons. The van der Waals surface area contributed by atoms with Crippen LogP contribution >= 0.6 is 0 Å². The van der Waals surface area contributed by atoms with Crippen LogP contribution in [-0.4, -0.2) is 26.9 Å². The van der Waals surface area contributed by atoms with Crippen molar-refractivity contribution < 1.29 is 18.9 Å². The highest BCUT2D eigenvalue weighted by molar-refractivity contribution is 5.43. The molecular weight excluding hydrogens is 244 g/mol. The van der Waals surface area contributed by atoms with Crippen molar-refractivity contribution in [3.8, 4) is 11.5 Å². The zero-order valence-corrected chi connectivity index (χ0v) is 12.0. The summed E-state index contributed by atoms with van der Waals surface area (Å²) in [5, 5.41) is 0. The molecule has 0 amide bonds. The molecule has 0 bridgehead atoms. The van der Waals surface area contributed by atoms with E-state index in [1.54, 1.807) is 14.2 Å². The highest BCUT2D eigenvalue weighted by Gasteiger charge is 2.29. The molecule has 4 heteroatoms. The number of hydrogen-bond donors (Lipinski definition) is 0. The van der Waals surface area contributed by atoms with Crippen LogP contribution in [0, 0.1) is 5.92 Å². The first kappa shape index (κ1) is 14.2. The lowest BCUT2D eigenvalue weighted by Crippen LogP contribution is -2.34. The van der Waals surface area contributed by atoms with E-state index in [1.165, 1.54) is 0 Å². The molecule has 1 aromatic rings. The van der Waals surface area contributed by atoms with Crippen LogP contribution in [0.15, 0.2) is 18.2 Å². The molecule has 1 heterocycles. The van der Waals surface area contributed by atoms with Crippen LogP contribution in [0.5, 0.6) is 11.5 Å². The van der Waals surface area contributed by atoms with Gasteiger partial charge in [0.1, 0.15) is 0 Å². The molecule has 19 heavy (non-hydrogen) atoms. The summed E-state index contributed by atoms with van der Waals surface area (Å²) in [7, 11) is 3.25. The lowest BCUT2D eigenvalue weighted by molar-refractivity contribution is -0.238. The zero-order valence-electron chi connectivity index (χ0n) is 12.0. The fraction of sp³-hybridized carbons (Fsp3) is 0.600. The lowest BCUT2D eigenvalue weighted by Gasteiger charge is -2.34. The summed E-state index contributed by atoms with van der Waals surface area (Å²) in [6.07, 6.45) is 0.918. The van der Waals surface area contributed by atoms with Gasteiger partial charge in [-0.2, -0.15) is 0 Å². The molecule has 106 valence electrons. The van der Waals surface area contributed by atoms with Crippen LogP contribution < -0.4 is 9.47 Å². The minimum atomic E-state index is -0.319. The number of benzene rings is 1. The van der Waals surface area contributed by atoms with Gasteiger partial charge in [0.2, 0.25) is 0 Å². The van der Waals surface area contributed by atoms with E-state index < -0.39 is 0 Å². The van der Waals surface area contributed by atoms with Gasteiger partial charge in [0, 0.05) is 11.5 Å². The summed E-state index contributed by atoms with van der Waals surface area (Å²) in [6.45, 7) is 5.01. The van der Waals surface area contributed by atoms with Gasteiger partial charge in [-0.3, -0.25) is 0 Å². The monoisotopic (exact) mass is 266 g/mol. The first-order chi connectivity index (χ1) is 9.19. The van der Waals surface area contributed by atoms with Crippen LogP contribution in [-0.2, 0) is 9.47 Å². The molecule has 1 fully saturated rings. The van der Waals surface area contributed by atoms with Crippen LogP contribution in [0.4, 0.5) is 0 Å². The lowest BCUT2D eigenvalue weighted by atomic mass is 10.0. The summed E-state index contributed by atoms with van der Waals surface area (Å²) in [6, 6.07) is 5.74. The molecular formula is C15H22O4. The second kappa shape index (κ2) is 6.26. The summed E-state index contributed by atoms with van der Waals surface area (Å²) in [4.78, 5) is 0. The van der Waals surface area contributed by atoms with Gasteiger partial charge < -0.3 is 18.9 Å². The van der Waals surface area contributed by atoms with Crippen molar-refractivity contribution in [2.75, 3.05) is 20.8 Å². The molecule has 2 rings (SSSR count). The standard InChI is InChI=1S/C15H22O4/c1-5-12-10(2)9-18-15(19-12)11-6-7-13(16-3)14(8-11)17-4/h6-8,10,12,15H,5,9H2,1-4H3/t10-,12+,15-/m0/s1. The maximum Gasteiger partial charge on any atom is 0.184 e. The summed E-state index contributed by atoms with van der Waals surface area (Å²) < 4.78 is 22.3. The predicted molar refractivity (Wildman–Crippen MR) is 72.6 cm³/mol. The van der Waals surface area contributed by atoms with Gasteiger partial charge in [-0.1, -0.05) is 19.9 Å². The smallest absolute Gasteiger partial charge is 0.184 e. The van der Waals surface area contributed by atoms with Crippen molar-refractivity contribution in [2.45, 2.75) is 32.7 Å². The van der Waals surface area contributed by atoms with Crippen LogP contribution in [0.2, 0.25) is 0 Å². The fourth-order valence-electron chi connectivity index (χ4n) is 2.35. The highest BCUT2D eigenvalue weighted by atomic mass is 16.7. The number of hydrogen-bond acceptors (Lipinski definition) is 4. The third-order valence-electron chi connectivity index (χ3n) is 3.53. The number of ether oxygens (including phenoxy) is 4. The van der Waals surface area contributed by atoms with Crippen molar-refractivity contribution in [1.29, 1.82) is 0 Å². The van der Waals surface area contributed by atoms with E-state index in [2.05, 4.69) is 13.8 Å². The Labute approximate surface area is 114 Å². The fourth-order valence-corrected chi connectivity index (χ4v) is 2.35. The van der Waals surface area contributed by atoms with Crippen LogP contribution in [0.3, 0.4) is 0 Å². The van der Waals surface area contributed by atoms with E-state index in [-0.39, 0.29) is 12.4 Å². The van der Waals surface area contributed by atoms with Crippen LogP contribution in [0.1, 0.15) is 32.1 Å². The van der Waals surface area contributed by atoms with Gasteiger partial charge in [0.25, 0.3) is 0 Å². The Bertz CT molecular complexity index is 419. The van der Waals surface area contributed by atoms with Gasteiger partial charge in [0.05, 0.1) is 26.9 Å². The Kier molecular flexibility index (Phi) is 4.66. The molecule has 3 atom stereocenters. The Balaban J connectivity index is 2.17. The highest BCUT2D eigenvalue weighted by Crippen LogP contribution is 2.35. The summed E-state index contributed by atoms with van der Waals surface area (Å²) in [5.41, 5.74) is 0.961. The molecule has 4 nitrogen and oxygen atoms in total. The average Bonchev–Trinajstić information content (AvgIpc) is 2.47. The normalized spacial score (nSPS) is 27.1. The average molecular weight is 266 g/mol. The molecule has 1 saturated heterocycles. The summed E-state index contributed by atoms with van der Waals surface area (Å²) in [5.74, 6) is 1.84. The van der Waals surface area contributed by atoms with E-state index >= 15 is 0 Å². The van der Waals surface area contributed by atoms with Gasteiger partial charge in [-0.15, -0.1) is 0 Å². The Morgan fingerprint density at radius 2 is 1.95 bits per heavy atom. The van der Waals surface area contributed by atoms with E-state index in [0.717, 1.165) is 18.6 Å². The largest absolute Gasteiger partial charge is 0.493 e. The quantitative estimate of drug-likeness (QED) is 0.839. The maximum atomic E-state index is 5.99. The van der Waals surface area contributed by atoms with Crippen molar-refractivity contribution in [1.82, 2.24) is 0 Å². The molecule has 0 aromatic heterocycles.